The van der Waals surface area contributed by atoms with Crippen molar-refractivity contribution in [3.63, 3.8) is 0 Å². The van der Waals surface area contributed by atoms with Crippen LogP contribution >= 0.6 is 10.4 Å². The smallest absolute Gasteiger partial charge is 0.118 e. The Labute approximate surface area is 130 Å². The zero-order chi connectivity index (χ0) is 16.5. The Hall–Kier alpha value is -1.17. The van der Waals surface area contributed by atoms with Crippen LogP contribution in [-0.4, -0.2) is 32.8 Å². The van der Waals surface area contributed by atoms with Gasteiger partial charge in [0.25, 0.3) is 0 Å². The van der Waals surface area contributed by atoms with Crippen molar-refractivity contribution < 1.29 is 4.39 Å². The number of aliphatic imine (C=N–C) groups is 1. The van der Waals surface area contributed by atoms with Crippen molar-refractivity contribution in [3.05, 3.63) is 47.5 Å². The predicted molar refractivity (Wildman–Crippen MR) is 96.5 cm³/mol. The topological polar surface area (TPSA) is 36.4 Å². The predicted octanol–water partition coefficient (Wildman–Crippen LogP) is 4.04. The summed E-state index contributed by atoms with van der Waals surface area (Å²) in [5, 5.41) is 0. The number of halogens is 1. The summed E-state index contributed by atoms with van der Waals surface area (Å²) in [5.74, 6) is -0.189. The van der Waals surface area contributed by atoms with Crippen molar-refractivity contribution in [1.29, 1.82) is 0 Å². The summed E-state index contributed by atoms with van der Waals surface area (Å²) in [6.07, 6.45) is 9.52. The molecule has 2 N–H and O–H groups in total. The highest BCUT2D eigenvalue weighted by Gasteiger charge is 2.11. The molecule has 3 nitrogen and oxygen atoms in total. The maximum Gasteiger partial charge on any atom is 0.118 e. The highest BCUT2D eigenvalue weighted by atomic mass is 32.3. The largest absolute Gasteiger partial charge is 0.273 e. The van der Waals surface area contributed by atoms with E-state index < -0.39 is 10.4 Å². The number of hydrogen-bond donors (Lipinski definition) is 2. The Bertz CT molecular complexity index is 458. The van der Waals surface area contributed by atoms with Crippen molar-refractivity contribution in [2.45, 2.75) is 20.3 Å². The fourth-order valence-electron chi connectivity index (χ4n) is 1.48. The van der Waals surface area contributed by atoms with E-state index in [2.05, 4.69) is 27.7 Å². The van der Waals surface area contributed by atoms with Gasteiger partial charge in [-0.3, -0.25) is 14.4 Å². The summed E-state index contributed by atoms with van der Waals surface area (Å²) >= 11 is 0. The van der Waals surface area contributed by atoms with Crippen LogP contribution < -0.4 is 9.44 Å². The lowest BCUT2D eigenvalue weighted by Gasteiger charge is -2.31. The molecule has 0 aliphatic rings. The van der Waals surface area contributed by atoms with Crippen LogP contribution in [0.25, 0.3) is 0 Å². The van der Waals surface area contributed by atoms with Crippen molar-refractivity contribution >= 4 is 17.1 Å². The lowest BCUT2D eigenvalue weighted by atomic mass is 10.0. The molecule has 0 aromatic heterocycles. The van der Waals surface area contributed by atoms with E-state index in [4.69, 9.17) is 0 Å². The van der Waals surface area contributed by atoms with E-state index in [0.29, 0.717) is 12.0 Å². The van der Waals surface area contributed by atoms with Gasteiger partial charge in [-0.15, -0.1) is 10.4 Å². The molecule has 0 radical (unpaired) electrons. The van der Waals surface area contributed by atoms with Gasteiger partial charge < -0.3 is 0 Å². The minimum Gasteiger partial charge on any atom is -0.273 e. The molecule has 0 fully saturated rings. The molecule has 0 amide bonds. The quantitative estimate of drug-likeness (QED) is 0.498. The lowest BCUT2D eigenvalue weighted by Crippen LogP contribution is -2.29. The number of hydrogen-bond acceptors (Lipinski definition) is 3. The number of allylic oxidation sites excluding steroid dienone is 5. The molecule has 0 rings (SSSR count). The van der Waals surface area contributed by atoms with E-state index in [-0.39, 0.29) is 12.4 Å². The summed E-state index contributed by atoms with van der Waals surface area (Å²) in [7, 11) is 0.681. The maximum absolute atomic E-state index is 14.4. The molecule has 5 heteroatoms. The van der Waals surface area contributed by atoms with Crippen LogP contribution in [0.2, 0.25) is 0 Å². The van der Waals surface area contributed by atoms with Crippen molar-refractivity contribution in [3.8, 4) is 0 Å². The minimum absolute atomic E-state index is 0.188. The lowest BCUT2D eigenvalue weighted by molar-refractivity contribution is 0.596. The van der Waals surface area contributed by atoms with Gasteiger partial charge >= 0.3 is 0 Å². The highest BCUT2D eigenvalue weighted by molar-refractivity contribution is 8.29. The second-order valence-corrected chi connectivity index (χ2v) is 8.54. The first-order valence-electron chi connectivity index (χ1n) is 6.72. The van der Waals surface area contributed by atoms with Gasteiger partial charge in [0, 0.05) is 12.6 Å². The Morgan fingerprint density at radius 1 is 1.29 bits per heavy atom. The minimum atomic E-state index is -1.19. The Morgan fingerprint density at radius 3 is 2.33 bits per heavy atom. The normalized spacial score (nSPS) is 13.8. The Balaban J connectivity index is 5.24. The third-order valence-electron chi connectivity index (χ3n) is 3.10. The number of rotatable bonds is 9. The molecule has 0 heterocycles. The van der Waals surface area contributed by atoms with Crippen molar-refractivity contribution in [2.24, 2.45) is 4.99 Å². The summed E-state index contributed by atoms with van der Waals surface area (Å²) in [4.78, 5) is 3.66. The molecular formula is C16H28FN3S. The molecule has 120 valence electrons. The molecule has 21 heavy (non-hydrogen) atoms. The van der Waals surface area contributed by atoms with Gasteiger partial charge in [-0.1, -0.05) is 18.2 Å². The summed E-state index contributed by atoms with van der Waals surface area (Å²) in [6, 6.07) is 0. The zero-order valence-electron chi connectivity index (χ0n) is 13.8. The van der Waals surface area contributed by atoms with Crippen LogP contribution in [0.5, 0.6) is 0 Å². The first-order valence-corrected chi connectivity index (χ1v) is 9.17. The fourth-order valence-corrected chi connectivity index (χ4v) is 2.11. The molecule has 0 spiro atoms. The molecule has 0 aliphatic heterocycles. The Kier molecular flexibility index (Phi) is 9.17. The van der Waals surface area contributed by atoms with Gasteiger partial charge in [0.1, 0.15) is 5.83 Å². The second kappa shape index (κ2) is 9.71. The SMILES string of the molecule is C=CC(CC(/C=C\N=C)=C(\F)CNS(C)(C)NC)=C(C)C. The molecule has 0 unspecified atom stereocenters. The van der Waals surface area contributed by atoms with E-state index in [1.165, 1.54) is 6.20 Å². The first-order chi connectivity index (χ1) is 9.77. The summed E-state index contributed by atoms with van der Waals surface area (Å²) in [5.41, 5.74) is 2.75. The van der Waals surface area contributed by atoms with Gasteiger partial charge in [-0.05, 0) is 57.3 Å². The Morgan fingerprint density at radius 2 is 1.90 bits per heavy atom. The van der Waals surface area contributed by atoms with Gasteiger partial charge in [0.05, 0.1) is 6.54 Å². The van der Waals surface area contributed by atoms with Gasteiger partial charge in [-0.2, -0.15) is 0 Å². The third kappa shape index (κ3) is 7.99. The van der Waals surface area contributed by atoms with Crippen molar-refractivity contribution in [1.82, 2.24) is 9.44 Å². The number of nitrogens with zero attached hydrogens (tertiary/aromatic N) is 1. The third-order valence-corrected chi connectivity index (χ3v) is 4.98. The molecule has 0 aromatic carbocycles. The van der Waals surface area contributed by atoms with Gasteiger partial charge in [0.2, 0.25) is 0 Å². The molecule has 0 atom stereocenters. The second-order valence-electron chi connectivity index (χ2n) is 5.19. The average molecular weight is 313 g/mol. The van der Waals surface area contributed by atoms with E-state index >= 15 is 0 Å². The van der Waals surface area contributed by atoms with Crippen molar-refractivity contribution in [2.75, 3.05) is 26.1 Å². The van der Waals surface area contributed by atoms with E-state index in [0.717, 1.165) is 11.1 Å². The monoisotopic (exact) mass is 313 g/mol. The average Bonchev–Trinajstić information content (AvgIpc) is 2.44. The summed E-state index contributed by atoms with van der Waals surface area (Å²) < 4.78 is 20.8. The standard InChI is InChI=1S/C16H28FN3S/c1-8-14(13(2)3)11-15(9-10-18-4)16(17)12-20-21(6,7)19-5/h8-10,19-20H,1,4,11-12H2,2-3,5-7H3/b10-9-,16-15-. The highest BCUT2D eigenvalue weighted by Crippen LogP contribution is 2.29. The zero-order valence-corrected chi connectivity index (χ0v) is 14.6. The van der Waals surface area contributed by atoms with E-state index in [9.17, 15) is 4.39 Å². The molecule has 0 bridgehead atoms. The van der Waals surface area contributed by atoms with Crippen LogP contribution in [0.3, 0.4) is 0 Å². The van der Waals surface area contributed by atoms with Gasteiger partial charge in [0.15, 0.2) is 0 Å². The maximum atomic E-state index is 14.4. The molecule has 0 aromatic rings. The van der Waals surface area contributed by atoms with Crippen LogP contribution in [0.15, 0.2) is 52.5 Å². The van der Waals surface area contributed by atoms with E-state index in [1.54, 1.807) is 12.2 Å². The number of nitrogens with one attached hydrogen (secondary N) is 2. The van der Waals surface area contributed by atoms with Crippen LogP contribution in [0, 0.1) is 0 Å². The van der Waals surface area contributed by atoms with Crippen LogP contribution in [0.4, 0.5) is 4.39 Å². The van der Waals surface area contributed by atoms with Crippen LogP contribution in [0.1, 0.15) is 20.3 Å². The van der Waals surface area contributed by atoms with E-state index in [1.807, 2.05) is 33.4 Å². The molecular weight excluding hydrogens is 285 g/mol. The van der Waals surface area contributed by atoms with Gasteiger partial charge in [-0.25, -0.2) is 4.39 Å². The molecule has 0 aliphatic carbocycles. The molecule has 0 saturated heterocycles. The first kappa shape index (κ1) is 19.8. The fraction of sp³-hybridized carbons (Fsp3) is 0.438. The van der Waals surface area contributed by atoms with Crippen LogP contribution in [-0.2, 0) is 0 Å². The summed E-state index contributed by atoms with van der Waals surface area (Å²) in [6.45, 7) is 11.4. The molecule has 0 saturated carbocycles.